The van der Waals surface area contributed by atoms with E-state index >= 15 is 0 Å². The van der Waals surface area contributed by atoms with Crippen molar-refractivity contribution >= 4 is 45.7 Å². The van der Waals surface area contributed by atoms with Gasteiger partial charge in [-0.2, -0.15) is 0 Å². The molecule has 1 aromatic heterocycles. The van der Waals surface area contributed by atoms with Crippen molar-refractivity contribution in [2.45, 2.75) is 6.92 Å². The van der Waals surface area contributed by atoms with Crippen LogP contribution in [0.4, 0.5) is 0 Å². The molecule has 2 aromatic carbocycles. The molecule has 20 heavy (non-hydrogen) atoms. The maximum atomic E-state index is 6.07. The molecule has 100 valence electrons. The van der Waals surface area contributed by atoms with Crippen LogP contribution in [0, 0.1) is 6.92 Å². The molecule has 1 nitrogen and oxygen atoms in total. The molecular weight excluding hydrogens is 313 g/mol. The highest BCUT2D eigenvalue weighted by molar-refractivity contribution is 6.42. The van der Waals surface area contributed by atoms with E-state index in [-0.39, 0.29) is 0 Å². The van der Waals surface area contributed by atoms with Gasteiger partial charge in [0.05, 0.1) is 21.3 Å². The SMILES string of the molecule is Cc1cc(-c2ccc(Cl)cc2)nc2cc(Cl)c(Cl)cc12. The van der Waals surface area contributed by atoms with Gasteiger partial charge in [-0.3, -0.25) is 0 Å². The maximum absolute atomic E-state index is 6.07. The van der Waals surface area contributed by atoms with E-state index in [2.05, 4.69) is 4.98 Å². The predicted octanol–water partition coefficient (Wildman–Crippen LogP) is 6.17. The number of hydrogen-bond donors (Lipinski definition) is 0. The van der Waals surface area contributed by atoms with Crippen LogP contribution in [0.1, 0.15) is 5.56 Å². The minimum atomic E-state index is 0.513. The molecule has 0 saturated heterocycles. The molecule has 0 N–H and O–H groups in total. The Bertz CT molecular complexity index is 795. The van der Waals surface area contributed by atoms with Crippen LogP contribution in [-0.2, 0) is 0 Å². The maximum Gasteiger partial charge on any atom is 0.0728 e. The largest absolute Gasteiger partial charge is 0.248 e. The molecule has 0 amide bonds. The first-order valence-electron chi connectivity index (χ1n) is 6.07. The summed E-state index contributed by atoms with van der Waals surface area (Å²) in [7, 11) is 0. The van der Waals surface area contributed by atoms with E-state index in [4.69, 9.17) is 34.8 Å². The molecule has 0 aliphatic heterocycles. The molecule has 3 rings (SSSR count). The summed E-state index contributed by atoms with van der Waals surface area (Å²) in [6.07, 6.45) is 0. The summed E-state index contributed by atoms with van der Waals surface area (Å²) < 4.78 is 0. The minimum absolute atomic E-state index is 0.513. The van der Waals surface area contributed by atoms with Crippen molar-refractivity contribution in [3.05, 3.63) is 63.1 Å². The number of aryl methyl sites for hydroxylation is 1. The normalized spacial score (nSPS) is 11.0. The van der Waals surface area contributed by atoms with E-state index in [1.807, 2.05) is 43.3 Å². The average Bonchev–Trinajstić information content (AvgIpc) is 2.42. The fraction of sp³-hybridized carbons (Fsp3) is 0.0625. The summed E-state index contributed by atoms with van der Waals surface area (Å²) in [4.78, 5) is 4.65. The molecule has 0 unspecified atom stereocenters. The highest BCUT2D eigenvalue weighted by Crippen LogP contribution is 2.31. The third kappa shape index (κ3) is 2.49. The Morgan fingerprint density at radius 3 is 2.20 bits per heavy atom. The highest BCUT2D eigenvalue weighted by Gasteiger charge is 2.08. The number of hydrogen-bond acceptors (Lipinski definition) is 1. The van der Waals surface area contributed by atoms with Gasteiger partial charge in [-0.1, -0.05) is 46.9 Å². The monoisotopic (exact) mass is 321 g/mol. The molecule has 0 aliphatic carbocycles. The quantitative estimate of drug-likeness (QED) is 0.522. The lowest BCUT2D eigenvalue weighted by Crippen LogP contribution is -1.89. The van der Waals surface area contributed by atoms with Crippen LogP contribution in [0.5, 0.6) is 0 Å². The van der Waals surface area contributed by atoms with Crippen LogP contribution in [0.2, 0.25) is 15.1 Å². The fourth-order valence-corrected chi connectivity index (χ4v) is 2.61. The molecule has 4 heteroatoms. The second kappa shape index (κ2) is 5.25. The number of nitrogens with zero attached hydrogens (tertiary/aromatic N) is 1. The average molecular weight is 323 g/mol. The number of aromatic nitrogens is 1. The van der Waals surface area contributed by atoms with Gasteiger partial charge in [-0.15, -0.1) is 0 Å². The van der Waals surface area contributed by atoms with Crippen molar-refractivity contribution in [1.82, 2.24) is 4.98 Å². The topological polar surface area (TPSA) is 12.9 Å². The molecular formula is C16H10Cl3N. The van der Waals surface area contributed by atoms with E-state index in [0.717, 1.165) is 27.7 Å². The molecule has 0 fully saturated rings. The first-order valence-corrected chi connectivity index (χ1v) is 7.20. The van der Waals surface area contributed by atoms with Crippen LogP contribution >= 0.6 is 34.8 Å². The summed E-state index contributed by atoms with van der Waals surface area (Å²) in [5.41, 5.74) is 3.86. The van der Waals surface area contributed by atoms with Gasteiger partial charge in [0.15, 0.2) is 0 Å². The standard InChI is InChI=1S/C16H10Cl3N/c1-9-6-15(10-2-4-11(17)5-3-10)20-16-8-14(19)13(18)7-12(9)16/h2-8H,1H3. The van der Waals surface area contributed by atoms with Crippen molar-refractivity contribution in [1.29, 1.82) is 0 Å². The molecule has 0 bridgehead atoms. The number of fused-ring (bicyclic) bond motifs is 1. The highest BCUT2D eigenvalue weighted by atomic mass is 35.5. The smallest absolute Gasteiger partial charge is 0.0728 e. The van der Waals surface area contributed by atoms with E-state index in [0.29, 0.717) is 15.1 Å². The lowest BCUT2D eigenvalue weighted by Gasteiger charge is -2.08. The van der Waals surface area contributed by atoms with Gasteiger partial charge in [0.25, 0.3) is 0 Å². The zero-order valence-electron chi connectivity index (χ0n) is 10.6. The fourth-order valence-electron chi connectivity index (χ4n) is 2.16. The van der Waals surface area contributed by atoms with Crippen molar-refractivity contribution in [2.24, 2.45) is 0 Å². The second-order valence-electron chi connectivity index (χ2n) is 4.61. The van der Waals surface area contributed by atoms with Crippen LogP contribution in [-0.4, -0.2) is 4.98 Å². The Labute approximate surface area is 132 Å². The summed E-state index contributed by atoms with van der Waals surface area (Å²) >= 11 is 18.0. The molecule has 0 spiro atoms. The molecule has 0 radical (unpaired) electrons. The van der Waals surface area contributed by atoms with E-state index in [9.17, 15) is 0 Å². The molecule has 0 saturated carbocycles. The molecule has 0 atom stereocenters. The van der Waals surface area contributed by atoms with Crippen molar-refractivity contribution in [2.75, 3.05) is 0 Å². The van der Waals surface area contributed by atoms with Crippen molar-refractivity contribution < 1.29 is 0 Å². The van der Waals surface area contributed by atoms with Gasteiger partial charge in [0, 0.05) is 16.0 Å². The van der Waals surface area contributed by atoms with E-state index in [1.54, 1.807) is 6.07 Å². The van der Waals surface area contributed by atoms with Crippen LogP contribution in [0.25, 0.3) is 22.2 Å². The van der Waals surface area contributed by atoms with E-state index < -0.39 is 0 Å². The molecule has 0 aliphatic rings. The number of halogens is 3. The summed E-state index contributed by atoms with van der Waals surface area (Å²) in [5, 5.41) is 2.78. The second-order valence-corrected chi connectivity index (χ2v) is 5.87. The van der Waals surface area contributed by atoms with Crippen molar-refractivity contribution in [3.8, 4) is 11.3 Å². The first-order chi connectivity index (χ1) is 9.54. The lowest BCUT2D eigenvalue weighted by atomic mass is 10.1. The number of rotatable bonds is 1. The van der Waals surface area contributed by atoms with Crippen LogP contribution in [0.3, 0.4) is 0 Å². The predicted molar refractivity (Wildman–Crippen MR) is 86.9 cm³/mol. The van der Waals surface area contributed by atoms with Crippen LogP contribution < -0.4 is 0 Å². The summed E-state index contributed by atoms with van der Waals surface area (Å²) in [6.45, 7) is 2.04. The molecule has 3 aromatic rings. The molecule has 1 heterocycles. The Kier molecular flexibility index (Phi) is 3.59. The van der Waals surface area contributed by atoms with Gasteiger partial charge < -0.3 is 0 Å². The summed E-state index contributed by atoms with van der Waals surface area (Å²) in [5.74, 6) is 0. The van der Waals surface area contributed by atoms with Gasteiger partial charge in [0.1, 0.15) is 0 Å². The number of benzene rings is 2. The first kappa shape index (κ1) is 13.7. The van der Waals surface area contributed by atoms with Crippen LogP contribution in [0.15, 0.2) is 42.5 Å². The van der Waals surface area contributed by atoms with Gasteiger partial charge in [-0.05, 0) is 42.8 Å². The third-order valence-electron chi connectivity index (χ3n) is 3.20. The zero-order valence-corrected chi connectivity index (χ0v) is 12.9. The Balaban J connectivity index is 2.23. The van der Waals surface area contributed by atoms with Crippen molar-refractivity contribution in [3.63, 3.8) is 0 Å². The van der Waals surface area contributed by atoms with Gasteiger partial charge >= 0.3 is 0 Å². The Morgan fingerprint density at radius 1 is 0.850 bits per heavy atom. The van der Waals surface area contributed by atoms with Gasteiger partial charge in [0.2, 0.25) is 0 Å². The van der Waals surface area contributed by atoms with Gasteiger partial charge in [-0.25, -0.2) is 4.98 Å². The minimum Gasteiger partial charge on any atom is -0.248 e. The number of pyridine rings is 1. The summed E-state index contributed by atoms with van der Waals surface area (Å²) in [6, 6.07) is 13.3. The Hall–Kier alpha value is -1.28. The lowest BCUT2D eigenvalue weighted by molar-refractivity contribution is 1.36. The Morgan fingerprint density at radius 2 is 1.50 bits per heavy atom. The van der Waals surface area contributed by atoms with E-state index in [1.165, 1.54) is 0 Å². The zero-order chi connectivity index (χ0) is 14.3. The third-order valence-corrected chi connectivity index (χ3v) is 4.17.